The molecular weight excluding hydrogens is 386 g/mol. The molecule has 130 valence electrons. The van der Waals surface area contributed by atoms with Crippen LogP contribution in [0.25, 0.3) is 5.65 Å². The molecule has 1 aliphatic rings. The van der Waals surface area contributed by atoms with Crippen molar-refractivity contribution < 1.29 is 0 Å². The van der Waals surface area contributed by atoms with Crippen LogP contribution in [0.4, 0.5) is 0 Å². The molecule has 0 amide bonds. The lowest BCUT2D eigenvalue weighted by Crippen LogP contribution is -2.48. The van der Waals surface area contributed by atoms with E-state index >= 15 is 0 Å². The Morgan fingerprint density at radius 2 is 2.29 bits per heavy atom. The Hall–Kier alpha value is -1.21. The van der Waals surface area contributed by atoms with E-state index in [0.29, 0.717) is 17.7 Å². The fourth-order valence-electron chi connectivity index (χ4n) is 2.88. The molecule has 1 aliphatic heterocycles. The zero-order chi connectivity index (χ0) is 17.1. The first-order chi connectivity index (χ1) is 11.6. The van der Waals surface area contributed by atoms with Crippen LogP contribution in [0.5, 0.6) is 0 Å². The lowest BCUT2D eigenvalue weighted by molar-refractivity contribution is 0.380. The average molecular weight is 410 g/mol. The fourth-order valence-corrected chi connectivity index (χ4v) is 4.53. The van der Waals surface area contributed by atoms with E-state index in [2.05, 4.69) is 67.9 Å². The first-order valence-electron chi connectivity index (χ1n) is 8.27. The molecule has 0 bridgehead atoms. The molecule has 24 heavy (non-hydrogen) atoms. The number of aromatic nitrogens is 2. The number of halogens is 1. The summed E-state index contributed by atoms with van der Waals surface area (Å²) in [6, 6.07) is 4.02. The molecule has 0 saturated carbocycles. The van der Waals surface area contributed by atoms with Crippen LogP contribution in [0.2, 0.25) is 0 Å². The summed E-state index contributed by atoms with van der Waals surface area (Å²) in [5.74, 6) is 2.82. The smallest absolute Gasteiger partial charge is 0.194 e. The molecule has 3 rings (SSSR count). The largest absolute Gasteiger partial charge is 0.351 e. The molecule has 0 aliphatic carbocycles. The topological polar surface area (TPSA) is 44.9 Å². The number of rotatable bonds is 3. The van der Waals surface area contributed by atoms with Gasteiger partial charge in [-0.3, -0.25) is 4.99 Å². The van der Waals surface area contributed by atoms with E-state index in [0.717, 1.165) is 40.6 Å². The molecule has 7 heteroatoms. The second-order valence-electron chi connectivity index (χ2n) is 6.35. The third-order valence-corrected chi connectivity index (χ3v) is 6.25. The van der Waals surface area contributed by atoms with Crippen LogP contribution in [0.1, 0.15) is 19.5 Å². The molecule has 1 fully saturated rings. The van der Waals surface area contributed by atoms with Gasteiger partial charge in [-0.2, -0.15) is 11.8 Å². The Morgan fingerprint density at radius 3 is 3.04 bits per heavy atom. The van der Waals surface area contributed by atoms with Crippen LogP contribution in [0.15, 0.2) is 34.0 Å². The lowest BCUT2D eigenvalue weighted by Gasteiger charge is -2.36. The Balaban J connectivity index is 1.64. The Labute approximate surface area is 156 Å². The molecule has 0 radical (unpaired) electrons. The molecule has 1 N–H and O–H groups in total. The van der Waals surface area contributed by atoms with Gasteiger partial charge in [0.2, 0.25) is 0 Å². The van der Waals surface area contributed by atoms with Crippen molar-refractivity contribution in [1.82, 2.24) is 19.6 Å². The summed E-state index contributed by atoms with van der Waals surface area (Å²) in [7, 11) is 1.86. The number of imidazole rings is 1. The third kappa shape index (κ3) is 4.06. The molecule has 2 aromatic heterocycles. The van der Waals surface area contributed by atoms with Gasteiger partial charge in [-0.05, 0) is 34.0 Å². The molecule has 1 atom stereocenters. The Bertz CT molecular complexity index is 727. The number of guanidine groups is 1. The zero-order valence-corrected chi connectivity index (χ0v) is 16.8. The number of thioether (sulfide) groups is 1. The summed E-state index contributed by atoms with van der Waals surface area (Å²) in [4.78, 5) is 11.5. The maximum atomic E-state index is 4.65. The number of hydrogen-bond donors (Lipinski definition) is 1. The Kier molecular flexibility index (Phi) is 5.71. The monoisotopic (exact) mass is 409 g/mol. The van der Waals surface area contributed by atoms with E-state index in [1.165, 1.54) is 0 Å². The van der Waals surface area contributed by atoms with E-state index in [1.54, 1.807) is 0 Å². The highest BCUT2D eigenvalue weighted by atomic mass is 79.9. The summed E-state index contributed by atoms with van der Waals surface area (Å²) < 4.78 is 3.09. The van der Waals surface area contributed by atoms with Crippen molar-refractivity contribution in [1.29, 1.82) is 0 Å². The zero-order valence-electron chi connectivity index (χ0n) is 14.4. The molecule has 2 aromatic rings. The van der Waals surface area contributed by atoms with Crippen LogP contribution >= 0.6 is 27.7 Å². The Morgan fingerprint density at radius 1 is 1.46 bits per heavy atom. The van der Waals surface area contributed by atoms with E-state index in [4.69, 9.17) is 0 Å². The summed E-state index contributed by atoms with van der Waals surface area (Å²) in [6.45, 7) is 7.38. The number of aliphatic imine (C=N–C) groups is 1. The second-order valence-corrected chi connectivity index (χ2v) is 8.61. The highest BCUT2D eigenvalue weighted by Crippen LogP contribution is 2.24. The third-order valence-electron chi connectivity index (χ3n) is 4.24. The van der Waals surface area contributed by atoms with Crippen molar-refractivity contribution in [3.63, 3.8) is 0 Å². The van der Waals surface area contributed by atoms with Crippen molar-refractivity contribution in [2.24, 2.45) is 10.9 Å². The van der Waals surface area contributed by atoms with Gasteiger partial charge in [-0.1, -0.05) is 13.8 Å². The molecule has 0 aromatic carbocycles. The standard InChI is InChI=1S/C17H24BrN5S/c1-12(2)15-11-22(6-7-24-15)17(19-3)20-8-14-10-23-9-13(18)4-5-16(23)21-14/h4-5,9-10,12,15H,6-8,11H2,1-3H3,(H,19,20). The number of nitrogens with zero attached hydrogens (tertiary/aromatic N) is 4. The van der Waals surface area contributed by atoms with Crippen LogP contribution in [-0.4, -0.2) is 51.4 Å². The van der Waals surface area contributed by atoms with Gasteiger partial charge in [-0.15, -0.1) is 0 Å². The number of pyridine rings is 1. The van der Waals surface area contributed by atoms with Gasteiger partial charge in [-0.25, -0.2) is 4.98 Å². The predicted octanol–water partition coefficient (Wildman–Crippen LogP) is 3.25. The summed E-state index contributed by atoms with van der Waals surface area (Å²) >= 11 is 5.57. The predicted molar refractivity (Wildman–Crippen MR) is 106 cm³/mol. The number of fused-ring (bicyclic) bond motifs is 1. The van der Waals surface area contributed by atoms with Crippen molar-refractivity contribution in [3.8, 4) is 0 Å². The number of nitrogens with one attached hydrogen (secondary N) is 1. The van der Waals surface area contributed by atoms with Crippen molar-refractivity contribution in [2.45, 2.75) is 25.6 Å². The van der Waals surface area contributed by atoms with Gasteiger partial charge in [0, 0.05) is 48.0 Å². The van der Waals surface area contributed by atoms with Crippen LogP contribution in [0, 0.1) is 5.92 Å². The minimum absolute atomic E-state index is 0.671. The highest BCUT2D eigenvalue weighted by Gasteiger charge is 2.24. The molecule has 0 spiro atoms. The van der Waals surface area contributed by atoms with Crippen LogP contribution in [-0.2, 0) is 6.54 Å². The minimum atomic E-state index is 0.671. The quantitative estimate of drug-likeness (QED) is 0.624. The summed E-state index contributed by atoms with van der Waals surface area (Å²) in [5.41, 5.74) is 1.97. The summed E-state index contributed by atoms with van der Waals surface area (Å²) in [5, 5.41) is 4.14. The normalized spacial score (nSPS) is 19.3. The van der Waals surface area contributed by atoms with E-state index in [1.807, 2.05) is 29.8 Å². The molecule has 5 nitrogen and oxygen atoms in total. The second kappa shape index (κ2) is 7.78. The number of hydrogen-bond acceptors (Lipinski definition) is 3. The van der Waals surface area contributed by atoms with Gasteiger partial charge in [0.15, 0.2) is 5.96 Å². The fraction of sp³-hybridized carbons (Fsp3) is 0.529. The minimum Gasteiger partial charge on any atom is -0.351 e. The highest BCUT2D eigenvalue weighted by molar-refractivity contribution is 9.10. The van der Waals surface area contributed by atoms with Gasteiger partial charge >= 0.3 is 0 Å². The van der Waals surface area contributed by atoms with Gasteiger partial charge in [0.1, 0.15) is 5.65 Å². The van der Waals surface area contributed by atoms with Gasteiger partial charge < -0.3 is 14.6 Å². The van der Waals surface area contributed by atoms with E-state index < -0.39 is 0 Å². The molecule has 1 unspecified atom stereocenters. The molecule has 1 saturated heterocycles. The average Bonchev–Trinajstić information content (AvgIpc) is 2.97. The van der Waals surface area contributed by atoms with Crippen LogP contribution < -0.4 is 5.32 Å². The van der Waals surface area contributed by atoms with Crippen molar-refractivity contribution in [2.75, 3.05) is 25.9 Å². The SMILES string of the molecule is CN=C(NCc1cn2cc(Br)ccc2n1)N1CCSC(C(C)C)C1. The van der Waals surface area contributed by atoms with Crippen molar-refractivity contribution >= 4 is 39.3 Å². The first kappa shape index (κ1) is 17.6. The first-order valence-corrected chi connectivity index (χ1v) is 10.1. The maximum absolute atomic E-state index is 4.65. The maximum Gasteiger partial charge on any atom is 0.194 e. The van der Waals surface area contributed by atoms with Crippen LogP contribution in [0.3, 0.4) is 0 Å². The summed E-state index contributed by atoms with van der Waals surface area (Å²) in [6.07, 6.45) is 4.08. The van der Waals surface area contributed by atoms with Crippen molar-refractivity contribution in [3.05, 3.63) is 34.7 Å². The van der Waals surface area contributed by atoms with Gasteiger partial charge in [0.25, 0.3) is 0 Å². The van der Waals surface area contributed by atoms with E-state index in [-0.39, 0.29) is 0 Å². The lowest BCUT2D eigenvalue weighted by atomic mass is 10.1. The molecule has 3 heterocycles. The van der Waals surface area contributed by atoms with E-state index in [9.17, 15) is 0 Å². The molecular formula is C17H24BrN5S. The van der Waals surface area contributed by atoms with Gasteiger partial charge in [0.05, 0.1) is 12.2 Å².